The monoisotopic (exact) mass is 387 g/mol. The largest absolute Gasteiger partial charge is 0.466 e. The number of ether oxygens (including phenoxy) is 1. The molecule has 1 aliphatic heterocycles. The second-order valence-corrected chi connectivity index (χ2v) is 7.88. The molecule has 1 fully saturated rings. The maximum Gasteiger partial charge on any atom is 0.314 e. The summed E-state index contributed by atoms with van der Waals surface area (Å²) >= 11 is 1.11. The van der Waals surface area contributed by atoms with Crippen LogP contribution in [0.3, 0.4) is 0 Å². The number of carbonyl (C=O) groups excluding carboxylic acids is 2. The maximum absolute atomic E-state index is 13.0. The Morgan fingerprint density at radius 1 is 1.30 bits per heavy atom. The average Bonchev–Trinajstić information content (AvgIpc) is 3.09. The lowest BCUT2D eigenvalue weighted by Crippen LogP contribution is -2.51. The molecule has 0 aliphatic carbocycles. The number of rotatable bonds is 5. The van der Waals surface area contributed by atoms with Gasteiger partial charge in [0.15, 0.2) is 0 Å². The van der Waals surface area contributed by atoms with Crippen molar-refractivity contribution in [1.29, 1.82) is 0 Å². The van der Waals surface area contributed by atoms with Crippen molar-refractivity contribution in [2.45, 2.75) is 40.0 Å². The van der Waals surface area contributed by atoms with E-state index in [0.717, 1.165) is 29.1 Å². The van der Waals surface area contributed by atoms with Gasteiger partial charge in [0.1, 0.15) is 4.88 Å². The van der Waals surface area contributed by atoms with Gasteiger partial charge in [0.05, 0.1) is 17.7 Å². The quantitative estimate of drug-likeness (QED) is 0.737. The van der Waals surface area contributed by atoms with E-state index in [4.69, 9.17) is 4.74 Å². The number of piperidine rings is 1. The van der Waals surface area contributed by atoms with Crippen molar-refractivity contribution >= 4 is 23.4 Å². The molecule has 0 N–H and O–H groups in total. The van der Waals surface area contributed by atoms with Crippen molar-refractivity contribution in [3.8, 4) is 0 Å². The van der Waals surface area contributed by atoms with Crippen LogP contribution in [0.25, 0.3) is 0 Å². The number of amides is 1. The van der Waals surface area contributed by atoms with E-state index in [1.54, 1.807) is 11.8 Å². The summed E-state index contributed by atoms with van der Waals surface area (Å²) in [6.07, 6.45) is 2.05. The first-order valence-corrected chi connectivity index (χ1v) is 10.0. The van der Waals surface area contributed by atoms with Crippen molar-refractivity contribution in [3.05, 3.63) is 46.0 Å². The number of benzene rings is 1. The highest BCUT2D eigenvalue weighted by molar-refractivity contribution is 7.07. The Hall–Kier alpha value is -2.28. The van der Waals surface area contributed by atoms with Gasteiger partial charge >= 0.3 is 5.97 Å². The summed E-state index contributed by atoms with van der Waals surface area (Å²) in [6.45, 7) is 6.97. The van der Waals surface area contributed by atoms with Crippen molar-refractivity contribution in [3.63, 3.8) is 0 Å². The number of likely N-dealkylation sites (tertiary alicyclic amines) is 1. The van der Waals surface area contributed by atoms with Crippen molar-refractivity contribution in [2.24, 2.45) is 5.41 Å². The van der Waals surface area contributed by atoms with E-state index in [1.165, 1.54) is 0 Å². The lowest BCUT2D eigenvalue weighted by molar-refractivity contribution is -0.158. The number of carbonyl (C=O) groups is 2. The first-order valence-electron chi connectivity index (χ1n) is 9.27. The molecular weight excluding hydrogens is 362 g/mol. The molecule has 0 bridgehead atoms. The zero-order valence-electron chi connectivity index (χ0n) is 16.0. The van der Waals surface area contributed by atoms with Gasteiger partial charge in [0.2, 0.25) is 0 Å². The van der Waals surface area contributed by atoms with E-state index >= 15 is 0 Å². The van der Waals surface area contributed by atoms with Crippen LogP contribution in [-0.4, -0.2) is 46.1 Å². The van der Waals surface area contributed by atoms with Gasteiger partial charge in [0.25, 0.3) is 5.91 Å². The van der Waals surface area contributed by atoms with E-state index < -0.39 is 5.41 Å². The van der Waals surface area contributed by atoms with Gasteiger partial charge in [-0.3, -0.25) is 9.59 Å². The number of aromatic nitrogens is 2. The Morgan fingerprint density at radius 3 is 2.74 bits per heavy atom. The third kappa shape index (κ3) is 4.03. The van der Waals surface area contributed by atoms with Crippen LogP contribution in [0, 0.1) is 19.3 Å². The van der Waals surface area contributed by atoms with Crippen LogP contribution in [0.2, 0.25) is 0 Å². The van der Waals surface area contributed by atoms with E-state index in [9.17, 15) is 9.59 Å². The molecule has 1 saturated heterocycles. The zero-order valence-corrected chi connectivity index (χ0v) is 16.8. The summed E-state index contributed by atoms with van der Waals surface area (Å²) in [5.74, 6) is -0.314. The fourth-order valence-electron chi connectivity index (χ4n) is 3.72. The zero-order chi connectivity index (χ0) is 19.4. The van der Waals surface area contributed by atoms with E-state index in [-0.39, 0.29) is 11.9 Å². The molecule has 1 amide bonds. The molecule has 0 spiro atoms. The highest BCUT2D eigenvalue weighted by Gasteiger charge is 2.45. The molecule has 0 radical (unpaired) electrons. The first-order chi connectivity index (χ1) is 13.0. The van der Waals surface area contributed by atoms with E-state index in [1.807, 2.05) is 38.1 Å². The molecule has 7 heteroatoms. The van der Waals surface area contributed by atoms with Crippen molar-refractivity contribution < 1.29 is 14.3 Å². The van der Waals surface area contributed by atoms with Crippen molar-refractivity contribution in [2.75, 3.05) is 19.7 Å². The summed E-state index contributed by atoms with van der Waals surface area (Å²) in [5.41, 5.74) is 2.18. The maximum atomic E-state index is 13.0. The normalized spacial score (nSPS) is 19.7. The van der Waals surface area contributed by atoms with Crippen LogP contribution >= 0.6 is 11.5 Å². The Kier molecular flexibility index (Phi) is 5.89. The SMILES string of the molecule is CCOC(=O)[C@@]1(Cc2ccccc2C)CCCN(C(=O)c2snnc2C)C1. The van der Waals surface area contributed by atoms with Crippen LogP contribution in [0.5, 0.6) is 0 Å². The molecule has 27 heavy (non-hydrogen) atoms. The predicted molar refractivity (Wildman–Crippen MR) is 104 cm³/mol. The first kappa shape index (κ1) is 19.5. The summed E-state index contributed by atoms with van der Waals surface area (Å²) in [5, 5.41) is 3.94. The average molecular weight is 388 g/mol. The van der Waals surface area contributed by atoms with E-state index in [2.05, 4.69) is 9.59 Å². The molecular formula is C20H25N3O3S. The Morgan fingerprint density at radius 2 is 2.07 bits per heavy atom. The molecule has 2 aromatic rings. The van der Waals surface area contributed by atoms with Gasteiger partial charge in [-0.15, -0.1) is 5.10 Å². The molecule has 1 atom stereocenters. The molecule has 3 rings (SSSR count). The molecule has 1 aliphatic rings. The highest BCUT2D eigenvalue weighted by atomic mass is 32.1. The van der Waals surface area contributed by atoms with Crippen LogP contribution in [0.4, 0.5) is 0 Å². The molecule has 2 heterocycles. The summed E-state index contributed by atoms with van der Waals surface area (Å²) < 4.78 is 9.31. The van der Waals surface area contributed by atoms with Gasteiger partial charge in [-0.05, 0) is 62.7 Å². The fourth-order valence-corrected chi connectivity index (χ4v) is 4.34. The number of hydrogen-bond donors (Lipinski definition) is 0. The molecule has 144 valence electrons. The minimum absolute atomic E-state index is 0.0966. The molecule has 0 saturated carbocycles. The Bertz CT molecular complexity index is 835. The van der Waals surface area contributed by atoms with Crippen LogP contribution in [0.1, 0.15) is 46.3 Å². The number of nitrogens with zero attached hydrogens (tertiary/aromatic N) is 3. The lowest BCUT2D eigenvalue weighted by Gasteiger charge is -2.41. The minimum atomic E-state index is -0.720. The van der Waals surface area contributed by atoms with Crippen LogP contribution < -0.4 is 0 Å². The molecule has 6 nitrogen and oxygen atoms in total. The standard InChI is InChI=1S/C20H25N3O3S/c1-4-26-19(25)20(12-16-9-6-5-8-14(16)2)10-7-11-23(13-20)18(24)17-15(3)21-22-27-17/h5-6,8-9H,4,7,10-13H2,1-3H3/t20-/m1/s1. The summed E-state index contributed by atoms with van der Waals surface area (Å²) in [6, 6.07) is 8.08. The number of esters is 1. The number of hydrogen-bond acceptors (Lipinski definition) is 6. The van der Waals surface area contributed by atoms with E-state index in [0.29, 0.717) is 43.1 Å². The number of aryl methyl sites for hydroxylation is 2. The Balaban J connectivity index is 1.90. The smallest absolute Gasteiger partial charge is 0.314 e. The molecule has 1 aromatic heterocycles. The Labute approximate surface area is 163 Å². The van der Waals surface area contributed by atoms with Crippen LogP contribution in [-0.2, 0) is 16.0 Å². The van der Waals surface area contributed by atoms with Gasteiger partial charge in [-0.2, -0.15) is 0 Å². The second-order valence-electron chi connectivity index (χ2n) is 7.12. The third-order valence-electron chi connectivity index (χ3n) is 5.21. The second kappa shape index (κ2) is 8.17. The fraction of sp³-hybridized carbons (Fsp3) is 0.500. The topological polar surface area (TPSA) is 72.4 Å². The third-order valence-corrected chi connectivity index (χ3v) is 6.02. The molecule has 1 aromatic carbocycles. The molecule has 0 unspecified atom stereocenters. The summed E-state index contributed by atoms with van der Waals surface area (Å²) in [7, 11) is 0. The lowest BCUT2D eigenvalue weighted by atomic mass is 9.74. The van der Waals surface area contributed by atoms with Gasteiger partial charge in [0, 0.05) is 13.1 Å². The van der Waals surface area contributed by atoms with Crippen LogP contribution in [0.15, 0.2) is 24.3 Å². The summed E-state index contributed by atoms with van der Waals surface area (Å²) in [4.78, 5) is 28.3. The predicted octanol–water partition coefficient (Wildman–Crippen LogP) is 3.18. The highest BCUT2D eigenvalue weighted by Crippen LogP contribution is 2.37. The van der Waals surface area contributed by atoms with Gasteiger partial charge in [-0.1, -0.05) is 28.8 Å². The minimum Gasteiger partial charge on any atom is -0.466 e. The van der Waals surface area contributed by atoms with Crippen molar-refractivity contribution in [1.82, 2.24) is 14.5 Å². The van der Waals surface area contributed by atoms with Gasteiger partial charge in [-0.25, -0.2) is 0 Å². The van der Waals surface area contributed by atoms with Gasteiger partial charge < -0.3 is 9.64 Å².